The standard InChI is InChI=1S/C15H23N3O2/c1-4-18(10-13-8-6-5-7-9-13)11-14(19)17-15(20)16-12(2)3/h5-9,12H,4,10-11H2,1-3H3,(H2,16,17,19,20). The van der Waals surface area contributed by atoms with E-state index < -0.39 is 6.03 Å². The lowest BCUT2D eigenvalue weighted by atomic mass is 10.2. The van der Waals surface area contributed by atoms with Crippen LogP contribution in [0.15, 0.2) is 30.3 Å². The Kier molecular flexibility index (Phi) is 6.73. The van der Waals surface area contributed by atoms with Gasteiger partial charge in [0.2, 0.25) is 5.91 Å². The highest BCUT2D eigenvalue weighted by atomic mass is 16.2. The number of carbonyl (C=O) groups excluding carboxylic acids is 2. The van der Waals surface area contributed by atoms with Gasteiger partial charge in [-0.1, -0.05) is 37.3 Å². The first-order chi connectivity index (χ1) is 9.51. The van der Waals surface area contributed by atoms with Gasteiger partial charge in [0.1, 0.15) is 0 Å². The maximum absolute atomic E-state index is 11.8. The SMILES string of the molecule is CCN(CC(=O)NC(=O)NC(C)C)Cc1ccccc1. The largest absolute Gasteiger partial charge is 0.336 e. The van der Waals surface area contributed by atoms with Crippen LogP contribution in [-0.4, -0.2) is 36.0 Å². The molecule has 0 radical (unpaired) electrons. The van der Waals surface area contributed by atoms with Gasteiger partial charge < -0.3 is 5.32 Å². The zero-order valence-electron chi connectivity index (χ0n) is 12.3. The maximum atomic E-state index is 11.8. The molecule has 0 aromatic heterocycles. The number of hydrogen-bond acceptors (Lipinski definition) is 3. The second-order valence-corrected chi connectivity index (χ2v) is 4.97. The fraction of sp³-hybridized carbons (Fsp3) is 0.467. The summed E-state index contributed by atoms with van der Waals surface area (Å²) in [5, 5.41) is 4.96. The second kappa shape index (κ2) is 8.32. The van der Waals surface area contributed by atoms with Gasteiger partial charge in [0.25, 0.3) is 0 Å². The molecule has 3 amide bonds. The van der Waals surface area contributed by atoms with E-state index in [4.69, 9.17) is 0 Å². The molecule has 20 heavy (non-hydrogen) atoms. The van der Waals surface area contributed by atoms with Crippen molar-refractivity contribution in [1.82, 2.24) is 15.5 Å². The van der Waals surface area contributed by atoms with Crippen molar-refractivity contribution < 1.29 is 9.59 Å². The van der Waals surface area contributed by atoms with E-state index >= 15 is 0 Å². The summed E-state index contributed by atoms with van der Waals surface area (Å²) in [5.41, 5.74) is 1.15. The van der Waals surface area contributed by atoms with Gasteiger partial charge in [0, 0.05) is 12.6 Å². The summed E-state index contributed by atoms with van der Waals surface area (Å²) < 4.78 is 0. The lowest BCUT2D eigenvalue weighted by Gasteiger charge is -2.20. The van der Waals surface area contributed by atoms with Gasteiger partial charge in [0.15, 0.2) is 0 Å². The summed E-state index contributed by atoms with van der Waals surface area (Å²) in [6, 6.07) is 9.51. The first-order valence-electron chi connectivity index (χ1n) is 6.88. The van der Waals surface area contributed by atoms with Crippen molar-refractivity contribution in [3.05, 3.63) is 35.9 Å². The van der Waals surface area contributed by atoms with Gasteiger partial charge in [-0.3, -0.25) is 15.0 Å². The molecule has 0 fully saturated rings. The third kappa shape index (κ3) is 6.33. The van der Waals surface area contributed by atoms with Crippen LogP contribution in [0.2, 0.25) is 0 Å². The smallest absolute Gasteiger partial charge is 0.321 e. The van der Waals surface area contributed by atoms with Crippen molar-refractivity contribution in [2.24, 2.45) is 0 Å². The third-order valence-corrected chi connectivity index (χ3v) is 2.74. The minimum absolute atomic E-state index is 0.00870. The molecular weight excluding hydrogens is 254 g/mol. The Balaban J connectivity index is 2.43. The molecular formula is C15H23N3O2. The molecule has 0 heterocycles. The molecule has 0 aliphatic carbocycles. The topological polar surface area (TPSA) is 61.4 Å². The number of imide groups is 1. The first-order valence-corrected chi connectivity index (χ1v) is 6.88. The van der Waals surface area contributed by atoms with E-state index in [2.05, 4.69) is 10.6 Å². The van der Waals surface area contributed by atoms with Gasteiger partial charge in [-0.05, 0) is 26.0 Å². The Morgan fingerprint density at radius 2 is 1.85 bits per heavy atom. The predicted octanol–water partition coefficient (Wildman–Crippen LogP) is 1.74. The van der Waals surface area contributed by atoms with Crippen LogP contribution in [0, 0.1) is 0 Å². The van der Waals surface area contributed by atoms with E-state index in [1.54, 1.807) is 0 Å². The molecule has 2 N–H and O–H groups in total. The minimum atomic E-state index is -0.444. The molecule has 0 spiro atoms. The third-order valence-electron chi connectivity index (χ3n) is 2.74. The number of benzene rings is 1. The number of urea groups is 1. The van der Waals surface area contributed by atoms with Gasteiger partial charge in [-0.2, -0.15) is 0 Å². The second-order valence-electron chi connectivity index (χ2n) is 4.97. The molecule has 5 nitrogen and oxygen atoms in total. The van der Waals surface area contributed by atoms with Crippen LogP contribution in [-0.2, 0) is 11.3 Å². The maximum Gasteiger partial charge on any atom is 0.321 e. The number of nitrogens with one attached hydrogen (secondary N) is 2. The average Bonchev–Trinajstić information content (AvgIpc) is 2.37. The number of carbonyl (C=O) groups is 2. The molecule has 0 saturated heterocycles. The van der Waals surface area contributed by atoms with E-state index in [1.807, 2.05) is 56.0 Å². The van der Waals surface area contributed by atoms with E-state index in [9.17, 15) is 9.59 Å². The van der Waals surface area contributed by atoms with E-state index in [-0.39, 0.29) is 18.5 Å². The molecule has 1 aromatic rings. The van der Waals surface area contributed by atoms with Crippen LogP contribution < -0.4 is 10.6 Å². The van der Waals surface area contributed by atoms with Crippen LogP contribution in [0.25, 0.3) is 0 Å². The van der Waals surface area contributed by atoms with Crippen molar-refractivity contribution in [3.63, 3.8) is 0 Å². The Morgan fingerprint density at radius 1 is 1.20 bits per heavy atom. The van der Waals surface area contributed by atoms with Crippen LogP contribution in [0.5, 0.6) is 0 Å². The monoisotopic (exact) mass is 277 g/mol. The average molecular weight is 277 g/mol. The molecule has 5 heteroatoms. The summed E-state index contributed by atoms with van der Waals surface area (Å²) in [6.45, 7) is 7.32. The number of amides is 3. The lowest BCUT2D eigenvalue weighted by Crippen LogP contribution is -2.46. The van der Waals surface area contributed by atoms with Gasteiger partial charge in [0.05, 0.1) is 6.54 Å². The molecule has 0 saturated carbocycles. The van der Waals surface area contributed by atoms with Crippen molar-refractivity contribution in [2.75, 3.05) is 13.1 Å². The number of rotatable bonds is 6. The number of hydrogen-bond donors (Lipinski definition) is 2. The zero-order chi connectivity index (χ0) is 15.0. The van der Waals surface area contributed by atoms with Crippen molar-refractivity contribution in [1.29, 1.82) is 0 Å². The summed E-state index contributed by atoms with van der Waals surface area (Å²) in [4.78, 5) is 25.2. The zero-order valence-corrected chi connectivity index (χ0v) is 12.3. The van der Waals surface area contributed by atoms with Gasteiger partial charge >= 0.3 is 6.03 Å². The van der Waals surface area contributed by atoms with E-state index in [0.717, 1.165) is 12.1 Å². The highest BCUT2D eigenvalue weighted by molar-refractivity contribution is 5.95. The van der Waals surface area contributed by atoms with E-state index in [1.165, 1.54) is 0 Å². The normalized spacial score (nSPS) is 10.7. The molecule has 0 bridgehead atoms. The summed E-state index contributed by atoms with van der Waals surface area (Å²) in [6.07, 6.45) is 0. The highest BCUT2D eigenvalue weighted by Gasteiger charge is 2.12. The number of likely N-dealkylation sites (N-methyl/N-ethyl adjacent to an activating group) is 1. The fourth-order valence-corrected chi connectivity index (χ4v) is 1.79. The molecule has 1 aromatic carbocycles. The molecule has 0 aliphatic heterocycles. The summed E-state index contributed by atoms with van der Waals surface area (Å²) in [7, 11) is 0. The quantitative estimate of drug-likeness (QED) is 0.832. The Hall–Kier alpha value is -1.88. The van der Waals surface area contributed by atoms with E-state index in [0.29, 0.717) is 6.54 Å². The molecule has 110 valence electrons. The molecule has 1 rings (SSSR count). The van der Waals surface area contributed by atoms with Gasteiger partial charge in [-0.25, -0.2) is 4.79 Å². The Bertz CT molecular complexity index is 432. The van der Waals surface area contributed by atoms with Crippen LogP contribution in [0.1, 0.15) is 26.3 Å². The fourth-order valence-electron chi connectivity index (χ4n) is 1.79. The molecule has 0 aliphatic rings. The predicted molar refractivity (Wildman–Crippen MR) is 79.2 cm³/mol. The summed E-state index contributed by atoms with van der Waals surface area (Å²) >= 11 is 0. The summed E-state index contributed by atoms with van der Waals surface area (Å²) in [5.74, 6) is -0.291. The van der Waals surface area contributed by atoms with Crippen molar-refractivity contribution in [3.8, 4) is 0 Å². The Morgan fingerprint density at radius 3 is 2.40 bits per heavy atom. The van der Waals surface area contributed by atoms with Crippen molar-refractivity contribution >= 4 is 11.9 Å². The first kappa shape index (κ1) is 16.2. The lowest BCUT2D eigenvalue weighted by molar-refractivity contribution is -0.121. The minimum Gasteiger partial charge on any atom is -0.336 e. The number of nitrogens with zero attached hydrogens (tertiary/aromatic N) is 1. The molecule has 0 atom stereocenters. The van der Waals surface area contributed by atoms with Crippen LogP contribution in [0.3, 0.4) is 0 Å². The van der Waals surface area contributed by atoms with Crippen LogP contribution >= 0.6 is 0 Å². The van der Waals surface area contributed by atoms with Crippen LogP contribution in [0.4, 0.5) is 4.79 Å². The van der Waals surface area contributed by atoms with Crippen molar-refractivity contribution in [2.45, 2.75) is 33.4 Å². The Labute approximate surface area is 120 Å². The molecule has 0 unspecified atom stereocenters. The highest BCUT2D eigenvalue weighted by Crippen LogP contribution is 2.03. The van der Waals surface area contributed by atoms with Gasteiger partial charge in [-0.15, -0.1) is 0 Å².